The number of fused-ring (bicyclic) bond motifs is 1. The van der Waals surface area contributed by atoms with E-state index in [-0.39, 0.29) is 11.4 Å². The van der Waals surface area contributed by atoms with Gasteiger partial charge in [0.2, 0.25) is 0 Å². The van der Waals surface area contributed by atoms with Crippen LogP contribution in [-0.2, 0) is 6.42 Å². The van der Waals surface area contributed by atoms with Gasteiger partial charge in [-0.2, -0.15) is 0 Å². The van der Waals surface area contributed by atoms with Crippen LogP contribution in [0.4, 0.5) is 4.79 Å². The summed E-state index contributed by atoms with van der Waals surface area (Å²) in [6, 6.07) is 5.76. The van der Waals surface area contributed by atoms with Gasteiger partial charge in [0, 0.05) is 13.1 Å². The van der Waals surface area contributed by atoms with Gasteiger partial charge in [0.15, 0.2) is 12.0 Å². The zero-order valence-electron chi connectivity index (χ0n) is 12.2. The van der Waals surface area contributed by atoms with Crippen LogP contribution in [0, 0.1) is 5.41 Å². The van der Waals surface area contributed by atoms with E-state index in [4.69, 9.17) is 4.42 Å². The molecule has 1 aromatic carbocycles. The molecule has 0 unspecified atom stereocenters. The number of carbonyl (C=O) groups is 1. The fourth-order valence-electron chi connectivity index (χ4n) is 1.78. The molecule has 0 aliphatic carbocycles. The summed E-state index contributed by atoms with van der Waals surface area (Å²) in [7, 11) is 0. The minimum absolute atomic E-state index is 0.0919. The molecule has 0 aliphatic rings. The molecule has 0 bridgehead atoms. The quantitative estimate of drug-likeness (QED) is 0.901. The Bertz CT molecular complexity index is 584. The zero-order chi connectivity index (χ0) is 14.6. The van der Waals surface area contributed by atoms with Crippen LogP contribution in [0.15, 0.2) is 29.0 Å². The third-order valence-corrected chi connectivity index (χ3v) is 2.87. The predicted molar refractivity (Wildman–Crippen MR) is 78.6 cm³/mol. The maximum Gasteiger partial charge on any atom is 0.314 e. The number of oxazole rings is 1. The molecule has 0 atom stereocenters. The van der Waals surface area contributed by atoms with Gasteiger partial charge in [-0.1, -0.05) is 26.8 Å². The second kappa shape index (κ2) is 5.94. The normalized spacial score (nSPS) is 11.6. The molecule has 5 heteroatoms. The summed E-state index contributed by atoms with van der Waals surface area (Å²) < 4.78 is 5.25. The van der Waals surface area contributed by atoms with Crippen molar-refractivity contribution < 1.29 is 9.21 Å². The summed E-state index contributed by atoms with van der Waals surface area (Å²) in [5.41, 5.74) is 2.84. The van der Waals surface area contributed by atoms with Crippen LogP contribution in [0.25, 0.3) is 11.1 Å². The Balaban J connectivity index is 1.76. The van der Waals surface area contributed by atoms with Gasteiger partial charge >= 0.3 is 6.03 Å². The third kappa shape index (κ3) is 4.26. The molecule has 0 saturated carbocycles. The summed E-state index contributed by atoms with van der Waals surface area (Å²) in [5.74, 6) is 0. The molecule has 20 heavy (non-hydrogen) atoms. The topological polar surface area (TPSA) is 67.2 Å². The van der Waals surface area contributed by atoms with Gasteiger partial charge < -0.3 is 15.1 Å². The lowest BCUT2D eigenvalue weighted by molar-refractivity contribution is 0.235. The number of hydrogen-bond donors (Lipinski definition) is 2. The van der Waals surface area contributed by atoms with Crippen molar-refractivity contribution in [3.63, 3.8) is 0 Å². The van der Waals surface area contributed by atoms with Gasteiger partial charge in [-0.3, -0.25) is 0 Å². The fraction of sp³-hybridized carbons (Fsp3) is 0.467. The van der Waals surface area contributed by atoms with Crippen LogP contribution >= 0.6 is 0 Å². The van der Waals surface area contributed by atoms with E-state index in [1.165, 1.54) is 6.39 Å². The Morgan fingerprint density at radius 1 is 1.30 bits per heavy atom. The average Bonchev–Trinajstić information content (AvgIpc) is 2.83. The maximum absolute atomic E-state index is 11.6. The Morgan fingerprint density at radius 2 is 2.10 bits per heavy atom. The highest BCUT2D eigenvalue weighted by Gasteiger charge is 2.11. The lowest BCUT2D eigenvalue weighted by atomic mass is 9.97. The lowest BCUT2D eigenvalue weighted by Gasteiger charge is -2.18. The van der Waals surface area contributed by atoms with E-state index in [0.29, 0.717) is 13.1 Å². The zero-order valence-corrected chi connectivity index (χ0v) is 12.2. The molecule has 1 heterocycles. The molecule has 0 aliphatic heterocycles. The molecule has 1 aromatic heterocycles. The number of amides is 2. The van der Waals surface area contributed by atoms with Crippen molar-refractivity contribution in [2.45, 2.75) is 27.2 Å². The monoisotopic (exact) mass is 275 g/mol. The third-order valence-electron chi connectivity index (χ3n) is 2.87. The molecule has 2 rings (SSSR count). The Morgan fingerprint density at radius 3 is 2.85 bits per heavy atom. The fourth-order valence-corrected chi connectivity index (χ4v) is 1.78. The van der Waals surface area contributed by atoms with Crippen molar-refractivity contribution in [1.29, 1.82) is 0 Å². The highest BCUT2D eigenvalue weighted by atomic mass is 16.3. The number of aromatic nitrogens is 1. The van der Waals surface area contributed by atoms with Crippen molar-refractivity contribution in [1.82, 2.24) is 15.6 Å². The van der Waals surface area contributed by atoms with Gasteiger partial charge in [-0.25, -0.2) is 9.78 Å². The molecule has 2 amide bonds. The highest BCUT2D eigenvalue weighted by Crippen LogP contribution is 2.14. The molecule has 0 radical (unpaired) electrons. The summed E-state index contributed by atoms with van der Waals surface area (Å²) in [4.78, 5) is 15.7. The number of carbonyl (C=O) groups excluding carboxylic acids is 1. The van der Waals surface area contributed by atoms with E-state index < -0.39 is 0 Å². The van der Waals surface area contributed by atoms with Gasteiger partial charge in [0.05, 0.1) is 0 Å². The first-order valence-electron chi connectivity index (χ1n) is 6.78. The van der Waals surface area contributed by atoms with Crippen LogP contribution in [0.5, 0.6) is 0 Å². The van der Waals surface area contributed by atoms with E-state index in [0.717, 1.165) is 23.1 Å². The van der Waals surface area contributed by atoms with Crippen molar-refractivity contribution in [2.24, 2.45) is 5.41 Å². The van der Waals surface area contributed by atoms with Crippen LogP contribution in [0.1, 0.15) is 26.3 Å². The molecule has 5 nitrogen and oxygen atoms in total. The minimum Gasteiger partial charge on any atom is -0.443 e. The van der Waals surface area contributed by atoms with Crippen molar-refractivity contribution in [3.8, 4) is 0 Å². The van der Waals surface area contributed by atoms with Gasteiger partial charge in [-0.05, 0) is 29.5 Å². The lowest BCUT2D eigenvalue weighted by Crippen LogP contribution is -2.40. The van der Waals surface area contributed by atoms with Gasteiger partial charge in [-0.15, -0.1) is 0 Å². The van der Waals surface area contributed by atoms with Crippen LogP contribution in [0.3, 0.4) is 0 Å². The SMILES string of the molecule is CC(C)(C)CNC(=O)NCCc1ccc2ncoc2c1. The number of nitrogens with zero attached hydrogens (tertiary/aromatic N) is 1. The molecule has 2 N–H and O–H groups in total. The standard InChI is InChI=1S/C15H21N3O2/c1-15(2,3)9-17-14(19)16-7-6-11-4-5-12-13(8-11)20-10-18-12/h4-5,8,10H,6-7,9H2,1-3H3,(H2,16,17,19). The smallest absolute Gasteiger partial charge is 0.314 e. The largest absolute Gasteiger partial charge is 0.443 e. The molecule has 2 aromatic rings. The van der Waals surface area contributed by atoms with Crippen LogP contribution in [-0.4, -0.2) is 24.1 Å². The van der Waals surface area contributed by atoms with Crippen molar-refractivity contribution in [3.05, 3.63) is 30.2 Å². The van der Waals surface area contributed by atoms with E-state index in [1.807, 2.05) is 18.2 Å². The van der Waals surface area contributed by atoms with Gasteiger partial charge in [0.1, 0.15) is 5.52 Å². The predicted octanol–water partition coefficient (Wildman–Crippen LogP) is 2.72. The van der Waals surface area contributed by atoms with Crippen molar-refractivity contribution >= 4 is 17.1 Å². The summed E-state index contributed by atoms with van der Waals surface area (Å²) in [6.45, 7) is 7.50. The number of nitrogens with one attached hydrogen (secondary N) is 2. The van der Waals surface area contributed by atoms with E-state index >= 15 is 0 Å². The number of benzene rings is 1. The molecule has 0 saturated heterocycles. The summed E-state index contributed by atoms with van der Waals surface area (Å²) >= 11 is 0. The highest BCUT2D eigenvalue weighted by molar-refractivity contribution is 5.74. The number of urea groups is 1. The second-order valence-corrected chi connectivity index (χ2v) is 6.07. The molecule has 0 spiro atoms. The van der Waals surface area contributed by atoms with E-state index in [1.54, 1.807) is 0 Å². The first kappa shape index (κ1) is 14.4. The Labute approximate surface area is 118 Å². The average molecular weight is 275 g/mol. The van der Waals surface area contributed by atoms with Crippen LogP contribution in [0.2, 0.25) is 0 Å². The molecular weight excluding hydrogens is 254 g/mol. The van der Waals surface area contributed by atoms with Crippen LogP contribution < -0.4 is 10.6 Å². The Hall–Kier alpha value is -2.04. The van der Waals surface area contributed by atoms with E-state index in [2.05, 4.69) is 36.4 Å². The summed E-state index contributed by atoms with van der Waals surface area (Å²) in [5, 5.41) is 5.71. The maximum atomic E-state index is 11.6. The summed E-state index contributed by atoms with van der Waals surface area (Å²) in [6.07, 6.45) is 2.20. The number of hydrogen-bond acceptors (Lipinski definition) is 3. The van der Waals surface area contributed by atoms with E-state index in [9.17, 15) is 4.79 Å². The first-order valence-corrected chi connectivity index (χ1v) is 6.78. The molecular formula is C15H21N3O2. The van der Waals surface area contributed by atoms with Crippen molar-refractivity contribution in [2.75, 3.05) is 13.1 Å². The Kier molecular flexibility index (Phi) is 4.27. The van der Waals surface area contributed by atoms with Gasteiger partial charge in [0.25, 0.3) is 0 Å². The minimum atomic E-state index is -0.124. The number of rotatable bonds is 4. The molecule has 108 valence electrons. The first-order chi connectivity index (χ1) is 9.44. The second-order valence-electron chi connectivity index (χ2n) is 6.07. The molecule has 0 fully saturated rings.